The summed E-state index contributed by atoms with van der Waals surface area (Å²) in [6.07, 6.45) is 0.580. The van der Waals surface area contributed by atoms with Gasteiger partial charge in [-0.15, -0.1) is 0 Å². The molecular weight excluding hydrogens is 160 g/mol. The summed E-state index contributed by atoms with van der Waals surface area (Å²) in [5.74, 6) is -3.01. The average molecular weight is 177 g/mol. The lowest BCUT2D eigenvalue weighted by Gasteiger charge is -2.40. The molecule has 12 heavy (non-hydrogen) atoms. The summed E-state index contributed by atoms with van der Waals surface area (Å²) in [6.45, 7) is 6.22. The Bertz CT molecular complexity index is 160. The van der Waals surface area contributed by atoms with Crippen molar-refractivity contribution < 1.29 is 8.78 Å². The van der Waals surface area contributed by atoms with Gasteiger partial charge in [-0.25, -0.2) is 8.78 Å². The van der Waals surface area contributed by atoms with Crippen molar-refractivity contribution in [1.82, 2.24) is 5.32 Å². The number of piperidine rings is 1. The van der Waals surface area contributed by atoms with Crippen LogP contribution in [0.4, 0.5) is 8.78 Å². The second-order valence-corrected chi connectivity index (χ2v) is 4.65. The van der Waals surface area contributed by atoms with Gasteiger partial charge in [0.2, 0.25) is 0 Å². The molecule has 1 fully saturated rings. The van der Waals surface area contributed by atoms with Crippen LogP contribution in [-0.4, -0.2) is 19.0 Å². The van der Waals surface area contributed by atoms with Gasteiger partial charge in [0.15, 0.2) is 0 Å². The highest BCUT2D eigenvalue weighted by Crippen LogP contribution is 2.41. The fraction of sp³-hybridized carbons (Fsp3) is 1.00. The van der Waals surface area contributed by atoms with Gasteiger partial charge in [0.05, 0.1) is 6.54 Å². The maximum absolute atomic E-state index is 13.3. The van der Waals surface area contributed by atoms with Crippen molar-refractivity contribution >= 4 is 0 Å². The van der Waals surface area contributed by atoms with E-state index in [2.05, 4.69) is 5.32 Å². The van der Waals surface area contributed by atoms with Gasteiger partial charge in [-0.3, -0.25) is 0 Å². The van der Waals surface area contributed by atoms with Gasteiger partial charge in [-0.1, -0.05) is 20.8 Å². The molecule has 1 rings (SSSR count). The summed E-state index contributed by atoms with van der Waals surface area (Å²) in [5, 5.41) is 2.73. The highest BCUT2D eigenvalue weighted by Gasteiger charge is 2.47. The zero-order valence-electron chi connectivity index (χ0n) is 7.95. The first kappa shape index (κ1) is 9.90. The van der Waals surface area contributed by atoms with Crippen molar-refractivity contribution in [3.63, 3.8) is 0 Å². The lowest BCUT2D eigenvalue weighted by molar-refractivity contribution is -0.112. The van der Waals surface area contributed by atoms with E-state index in [1.165, 1.54) is 0 Å². The van der Waals surface area contributed by atoms with Crippen molar-refractivity contribution in [1.29, 1.82) is 0 Å². The van der Waals surface area contributed by atoms with Crippen LogP contribution in [0.5, 0.6) is 0 Å². The fourth-order valence-corrected chi connectivity index (χ4v) is 1.90. The Morgan fingerprint density at radius 3 is 2.25 bits per heavy atom. The largest absolute Gasteiger partial charge is 0.311 e. The summed E-state index contributed by atoms with van der Waals surface area (Å²) in [7, 11) is 0. The molecule has 1 aliphatic rings. The van der Waals surface area contributed by atoms with E-state index < -0.39 is 11.8 Å². The van der Waals surface area contributed by atoms with Gasteiger partial charge < -0.3 is 5.32 Å². The van der Waals surface area contributed by atoms with Crippen LogP contribution < -0.4 is 5.32 Å². The van der Waals surface area contributed by atoms with E-state index in [1.54, 1.807) is 0 Å². The van der Waals surface area contributed by atoms with Crippen molar-refractivity contribution in [3.05, 3.63) is 0 Å². The van der Waals surface area contributed by atoms with Crippen molar-refractivity contribution in [2.24, 2.45) is 11.3 Å². The van der Waals surface area contributed by atoms with E-state index >= 15 is 0 Å². The van der Waals surface area contributed by atoms with Crippen molar-refractivity contribution in [3.8, 4) is 0 Å². The van der Waals surface area contributed by atoms with Gasteiger partial charge in [0.25, 0.3) is 5.92 Å². The third-order valence-electron chi connectivity index (χ3n) is 2.53. The first-order valence-electron chi connectivity index (χ1n) is 4.42. The molecule has 1 saturated heterocycles. The third-order valence-corrected chi connectivity index (χ3v) is 2.53. The minimum Gasteiger partial charge on any atom is -0.311 e. The zero-order chi connectivity index (χ0) is 9.41. The molecule has 0 aliphatic carbocycles. The molecule has 1 N–H and O–H groups in total. The molecule has 0 aromatic carbocycles. The fourth-order valence-electron chi connectivity index (χ4n) is 1.90. The smallest absolute Gasteiger partial charge is 0.263 e. The van der Waals surface area contributed by atoms with E-state index in [4.69, 9.17) is 0 Å². The molecule has 0 saturated carbocycles. The monoisotopic (exact) mass is 177 g/mol. The zero-order valence-corrected chi connectivity index (χ0v) is 7.95. The molecule has 0 bridgehead atoms. The van der Waals surface area contributed by atoms with E-state index in [0.717, 1.165) is 6.54 Å². The van der Waals surface area contributed by atoms with Crippen LogP contribution >= 0.6 is 0 Å². The number of alkyl halides is 2. The van der Waals surface area contributed by atoms with Crippen molar-refractivity contribution in [2.45, 2.75) is 33.1 Å². The van der Waals surface area contributed by atoms with Crippen LogP contribution in [0.1, 0.15) is 27.2 Å². The molecule has 0 aromatic heterocycles. The molecule has 1 atom stereocenters. The normalized spacial score (nSPS) is 30.2. The van der Waals surface area contributed by atoms with Gasteiger partial charge in [0.1, 0.15) is 0 Å². The molecule has 0 spiro atoms. The van der Waals surface area contributed by atoms with E-state index in [9.17, 15) is 8.78 Å². The number of hydrogen-bond acceptors (Lipinski definition) is 1. The van der Waals surface area contributed by atoms with E-state index in [0.29, 0.717) is 6.42 Å². The predicted molar refractivity (Wildman–Crippen MR) is 45.4 cm³/mol. The summed E-state index contributed by atoms with van der Waals surface area (Å²) >= 11 is 0. The topological polar surface area (TPSA) is 12.0 Å². The maximum atomic E-state index is 13.3. The average Bonchev–Trinajstić information content (AvgIpc) is 1.83. The van der Waals surface area contributed by atoms with Crippen molar-refractivity contribution in [2.75, 3.05) is 13.1 Å². The molecule has 1 aliphatic heterocycles. The molecule has 3 heteroatoms. The summed E-state index contributed by atoms with van der Waals surface area (Å²) < 4.78 is 26.6. The maximum Gasteiger partial charge on any atom is 0.263 e. The lowest BCUT2D eigenvalue weighted by Crippen LogP contribution is -2.50. The predicted octanol–water partition coefficient (Wildman–Crippen LogP) is 2.28. The Hall–Kier alpha value is -0.180. The Morgan fingerprint density at radius 2 is 1.92 bits per heavy atom. The van der Waals surface area contributed by atoms with Crippen LogP contribution in [0.25, 0.3) is 0 Å². The molecule has 1 unspecified atom stereocenters. The summed E-state index contributed by atoms with van der Waals surface area (Å²) in [5.41, 5.74) is -0.286. The third kappa shape index (κ3) is 1.94. The Kier molecular flexibility index (Phi) is 2.43. The lowest BCUT2D eigenvalue weighted by atomic mass is 9.73. The minimum absolute atomic E-state index is 0.158. The van der Waals surface area contributed by atoms with E-state index in [1.807, 2.05) is 20.8 Å². The quantitative estimate of drug-likeness (QED) is 0.598. The second-order valence-electron chi connectivity index (χ2n) is 4.65. The SMILES string of the molecule is CC(C)(C)C1CCNCC1(F)F. The second kappa shape index (κ2) is 2.95. The van der Waals surface area contributed by atoms with Crippen LogP contribution in [-0.2, 0) is 0 Å². The Labute approximate surface area is 72.5 Å². The summed E-state index contributed by atoms with van der Waals surface area (Å²) in [4.78, 5) is 0. The molecule has 0 aromatic rings. The molecule has 0 radical (unpaired) electrons. The molecule has 1 heterocycles. The minimum atomic E-state index is -2.53. The summed E-state index contributed by atoms with van der Waals surface area (Å²) in [6, 6.07) is 0. The van der Waals surface area contributed by atoms with Gasteiger partial charge in [0, 0.05) is 5.92 Å². The first-order valence-corrected chi connectivity index (χ1v) is 4.42. The van der Waals surface area contributed by atoms with Gasteiger partial charge >= 0.3 is 0 Å². The van der Waals surface area contributed by atoms with Gasteiger partial charge in [-0.05, 0) is 18.4 Å². The molecule has 0 amide bonds. The van der Waals surface area contributed by atoms with Crippen LogP contribution in [0, 0.1) is 11.3 Å². The number of rotatable bonds is 0. The van der Waals surface area contributed by atoms with Gasteiger partial charge in [-0.2, -0.15) is 0 Å². The molecule has 72 valence electrons. The molecular formula is C9H17F2N. The Balaban J connectivity index is 2.73. The number of halogens is 2. The number of nitrogens with one attached hydrogen (secondary N) is 1. The van der Waals surface area contributed by atoms with E-state index in [-0.39, 0.29) is 12.0 Å². The molecule has 1 nitrogen and oxygen atoms in total. The highest BCUT2D eigenvalue weighted by atomic mass is 19.3. The van der Waals surface area contributed by atoms with Crippen LogP contribution in [0.15, 0.2) is 0 Å². The first-order chi connectivity index (χ1) is 5.34. The Morgan fingerprint density at radius 1 is 1.33 bits per heavy atom. The van der Waals surface area contributed by atoms with Crippen LogP contribution in [0.2, 0.25) is 0 Å². The highest BCUT2D eigenvalue weighted by molar-refractivity contribution is 4.91. The van der Waals surface area contributed by atoms with Crippen LogP contribution in [0.3, 0.4) is 0 Å². The number of hydrogen-bond donors (Lipinski definition) is 1. The standard InChI is InChI=1S/C9H17F2N/c1-8(2,3)7-4-5-12-6-9(7,10)11/h7,12H,4-6H2,1-3H3.